The Hall–Kier alpha value is -0.560. The van der Waals surface area contributed by atoms with Crippen LogP contribution in [-0.2, 0) is 0 Å². The van der Waals surface area contributed by atoms with Crippen LogP contribution in [0.1, 0.15) is 535 Å². The molecular weight excluding hydrogens is 1440 g/mol. The van der Waals surface area contributed by atoms with Gasteiger partial charge in [0.15, 0.2) is 0 Å². The fraction of sp³-hybridized carbons (Fsp3) is 1.00. The molecule has 0 atom stereocenters. The van der Waals surface area contributed by atoms with Gasteiger partial charge in [-0.05, 0) is 227 Å². The van der Waals surface area contributed by atoms with Gasteiger partial charge in [-0.2, -0.15) is 13.2 Å². The molecule has 8 heteroatoms. The maximum absolute atomic E-state index is 15.4. The number of hydrogen-bond acceptors (Lipinski definition) is 0. The smallest absolute Gasteiger partial charge is 0.244 e. The van der Waals surface area contributed by atoms with Gasteiger partial charge in [0.05, 0.1) is 5.41 Å². The summed E-state index contributed by atoms with van der Waals surface area (Å²) in [6.07, 6.45) is 21.0. The van der Waals surface area contributed by atoms with E-state index in [-0.39, 0.29) is 40.4 Å². The van der Waals surface area contributed by atoms with Crippen LogP contribution in [0.15, 0.2) is 0 Å². The van der Waals surface area contributed by atoms with Gasteiger partial charge < -0.3 is 0 Å². The summed E-state index contributed by atoms with van der Waals surface area (Å²) in [5.74, 6) is 3.31. The second-order valence-electron chi connectivity index (χ2n) is 49.3. The topological polar surface area (TPSA) is 0 Å². The van der Waals surface area contributed by atoms with E-state index >= 15 is 8.78 Å². The van der Waals surface area contributed by atoms with Gasteiger partial charge in [0.25, 0.3) is 0 Å². The lowest BCUT2D eigenvalue weighted by Gasteiger charge is -2.51. The second kappa shape index (κ2) is 57.1. The summed E-state index contributed by atoms with van der Waals surface area (Å²) in [6, 6.07) is 0. The van der Waals surface area contributed by atoms with Crippen LogP contribution in [-0.4, -0.2) is 34.5 Å². The van der Waals surface area contributed by atoms with Crippen molar-refractivity contribution in [1.82, 2.24) is 0 Å². The lowest BCUT2D eigenvalue weighted by molar-refractivity contribution is -0.239. The molecule has 3 saturated carbocycles. The first kappa shape index (κ1) is 132. The fourth-order valence-corrected chi connectivity index (χ4v) is 17.0. The summed E-state index contributed by atoms with van der Waals surface area (Å²) >= 11 is 0. The molecule has 0 heterocycles. The molecule has 0 amide bonds. The molecule has 0 N–H and O–H groups in total. The van der Waals surface area contributed by atoms with E-state index in [4.69, 9.17) is 0 Å². The van der Waals surface area contributed by atoms with Crippen molar-refractivity contribution in [2.24, 2.45) is 125 Å². The molecule has 0 nitrogen and oxygen atoms in total. The highest BCUT2D eigenvalue weighted by molar-refractivity contribution is 5.03. The molecule has 0 spiro atoms. The molecule has 3 aliphatic carbocycles. The quantitative estimate of drug-likeness (QED) is 0.107. The average Bonchev–Trinajstić information content (AvgIpc) is 1.07. The van der Waals surface area contributed by atoms with Gasteiger partial charge >= 0.3 is 6.18 Å². The van der Waals surface area contributed by atoms with E-state index in [0.29, 0.717) is 67.0 Å². The normalized spacial score (nSPS) is 16.9. The number of halogens is 8. The third-order valence-electron chi connectivity index (χ3n) is 28.1. The predicted molar refractivity (Wildman–Crippen MR) is 513 cm³/mol. The molecule has 0 aromatic carbocycles. The predicted octanol–water partition coefficient (Wildman–Crippen LogP) is 41.1. The fourth-order valence-electron chi connectivity index (χ4n) is 17.0. The minimum atomic E-state index is -4.12. The van der Waals surface area contributed by atoms with Crippen molar-refractivity contribution in [3.63, 3.8) is 0 Å². The maximum Gasteiger partial charge on any atom is 0.394 e. The molecule has 708 valence electrons. The Morgan fingerprint density at radius 3 is 0.617 bits per heavy atom. The Balaban J connectivity index is -0.000000155. The average molecular weight is 1660 g/mol. The van der Waals surface area contributed by atoms with Crippen molar-refractivity contribution < 1.29 is 35.1 Å². The van der Waals surface area contributed by atoms with Crippen molar-refractivity contribution in [2.45, 2.75) is 569 Å². The Bertz CT molecular complexity index is 2120. The first-order valence-corrected chi connectivity index (χ1v) is 48.1. The van der Waals surface area contributed by atoms with Crippen molar-refractivity contribution in [3.8, 4) is 0 Å². The van der Waals surface area contributed by atoms with Crippen LogP contribution in [0.25, 0.3) is 0 Å². The van der Waals surface area contributed by atoms with Gasteiger partial charge in [-0.3, -0.25) is 0 Å². The van der Waals surface area contributed by atoms with Gasteiger partial charge in [0.1, 0.15) is 28.3 Å². The molecule has 3 rings (SSSR count). The van der Waals surface area contributed by atoms with E-state index < -0.39 is 39.9 Å². The van der Waals surface area contributed by atoms with Crippen LogP contribution in [0, 0.1) is 125 Å². The zero-order valence-corrected chi connectivity index (χ0v) is 89.8. The van der Waals surface area contributed by atoms with Crippen molar-refractivity contribution >= 4 is 0 Å². The van der Waals surface area contributed by atoms with E-state index in [0.717, 1.165) is 115 Å². The molecule has 0 aromatic rings. The summed E-state index contributed by atoms with van der Waals surface area (Å²) in [6.45, 7) is 117. The molecular formula is C107H224F8. The summed E-state index contributed by atoms with van der Waals surface area (Å²) in [5.41, 5.74) is -2.68. The van der Waals surface area contributed by atoms with Gasteiger partial charge in [0.2, 0.25) is 0 Å². The molecule has 0 bridgehead atoms. The summed E-state index contributed by atoms with van der Waals surface area (Å²) in [7, 11) is 0. The number of alkyl halides is 8. The Morgan fingerprint density at radius 2 is 0.522 bits per heavy atom. The van der Waals surface area contributed by atoms with E-state index in [1.807, 2.05) is 41.5 Å². The molecule has 0 saturated heterocycles. The lowest BCUT2D eigenvalue weighted by atomic mass is 9.57. The molecule has 3 fully saturated rings. The zero-order chi connectivity index (χ0) is 94.8. The summed E-state index contributed by atoms with van der Waals surface area (Å²) in [4.78, 5) is 0. The third-order valence-corrected chi connectivity index (χ3v) is 28.1. The first-order valence-electron chi connectivity index (χ1n) is 48.1. The number of hydrogen-bond donors (Lipinski definition) is 0. The Labute approximate surface area is 725 Å². The van der Waals surface area contributed by atoms with Gasteiger partial charge in [-0.25, -0.2) is 22.0 Å². The van der Waals surface area contributed by atoms with E-state index in [1.54, 1.807) is 20.8 Å². The zero-order valence-electron chi connectivity index (χ0n) is 89.8. The third kappa shape index (κ3) is 61.4. The molecule has 0 aromatic heterocycles. The highest BCUT2D eigenvalue weighted by Gasteiger charge is 2.55. The maximum atomic E-state index is 15.4. The highest BCUT2D eigenvalue weighted by atomic mass is 19.4. The van der Waals surface area contributed by atoms with Crippen LogP contribution in [0.5, 0.6) is 0 Å². The molecule has 3 aliphatic rings. The Kier molecular flexibility index (Phi) is 65.8. The summed E-state index contributed by atoms with van der Waals surface area (Å²) < 4.78 is 108. The van der Waals surface area contributed by atoms with Crippen LogP contribution in [0.2, 0.25) is 0 Å². The van der Waals surface area contributed by atoms with Gasteiger partial charge in [-0.15, -0.1) is 0 Å². The van der Waals surface area contributed by atoms with Crippen LogP contribution in [0.3, 0.4) is 0 Å². The molecule has 115 heavy (non-hydrogen) atoms. The van der Waals surface area contributed by atoms with Crippen LogP contribution in [0.4, 0.5) is 35.1 Å². The largest absolute Gasteiger partial charge is 0.394 e. The Morgan fingerprint density at radius 1 is 0.296 bits per heavy atom. The van der Waals surface area contributed by atoms with Gasteiger partial charge in [-0.1, -0.05) is 417 Å². The molecule has 0 aliphatic heterocycles. The van der Waals surface area contributed by atoms with Gasteiger partial charge in [0, 0.05) is 10.8 Å². The van der Waals surface area contributed by atoms with Crippen molar-refractivity contribution in [2.75, 3.05) is 0 Å². The standard InChI is InChI=1S/C16H33F.C14H29F.C11H21F3.C10H22.C9H17F.C9H20.C7H13F.2C7H16.C6H11F.C6H14.C5H12/c1-10(2)14(11(3)4)16(9,17)15(12(5)6)13(7)8;1-8-12(5,9-2)14(7,15)13(6,10-3)11-4;1-7(2)9(8(3)4)10(5,6)11(12,13)14;1-7-10(6,8-2)9(3,4)5;1-8(2)4-6-9(3,10)7-5-8;1-6-8(7-2)9(3,4)5;1-7(8)5-3-2-4-6-7;1-6(2)7(3,4)5;1-5-6-7(2,3)4;1-6(7)4-2-3-5-6;1-5-6(2,3)4;1-5(2,3)4/h10-15H,1-9H3;8-11H2,1-7H3;7-9H,1-6H3;7-8H2,1-6H3;4-7H2,1-3H3;8H,6-7H2,1-5H3;2-6H2,1H3;6H,1-5H3;5-6H2,1-4H3;2-5H2,1H3;5H2,1-4H3;1-4H3. The SMILES string of the molecule is CC(C)(C)C.CC(C)C(C(C)C)C(C)(C)C(F)(F)F.CC(C)C(C(C)C)C(C)(F)C(C(C)C)C(C)C.CC(C)C(C)(C)C.CC1(C)CCC(C)(F)CC1.CC1(F)CCCC1.CC1(F)CCCCC1.CCC(C)(C)C.CCC(C)(CC)C(C)(C)C.CCC(C)(CC)C(C)(F)C(C)(CC)CC.CCC(CC)C(C)(C)C.CCCC(C)(C)C. The van der Waals surface area contributed by atoms with Crippen LogP contribution >= 0.6 is 0 Å². The monoisotopic (exact) mass is 1660 g/mol. The number of rotatable bonds is 20. The first-order chi connectivity index (χ1) is 50.6. The van der Waals surface area contributed by atoms with Crippen LogP contribution < -0.4 is 0 Å². The lowest BCUT2D eigenvalue weighted by Crippen LogP contribution is -2.51. The van der Waals surface area contributed by atoms with Crippen molar-refractivity contribution in [3.05, 3.63) is 0 Å². The minimum Gasteiger partial charge on any atom is -0.244 e. The van der Waals surface area contributed by atoms with Crippen molar-refractivity contribution in [1.29, 1.82) is 0 Å². The van der Waals surface area contributed by atoms with E-state index in [1.165, 1.54) is 65.2 Å². The highest BCUT2D eigenvalue weighted by Crippen LogP contribution is 2.55. The van der Waals surface area contributed by atoms with E-state index in [2.05, 4.69) is 305 Å². The minimum absolute atomic E-state index is 0.0478. The van der Waals surface area contributed by atoms with E-state index in [9.17, 15) is 26.3 Å². The second-order valence-corrected chi connectivity index (χ2v) is 49.3. The molecule has 0 radical (unpaired) electrons. The molecule has 0 unspecified atom stereocenters. The summed E-state index contributed by atoms with van der Waals surface area (Å²) in [5, 5.41) is 0.